The number of rotatable bonds is 4. The fraction of sp³-hybridized carbons (Fsp3) is 0.250. The van der Waals surface area contributed by atoms with Gasteiger partial charge in [0.1, 0.15) is 0 Å². The molecule has 2 heterocycles. The van der Waals surface area contributed by atoms with Crippen molar-refractivity contribution in [2.45, 2.75) is 12.3 Å². The zero-order valence-corrected chi connectivity index (χ0v) is 12.5. The topological polar surface area (TPSA) is 57.0 Å². The SMILES string of the molecule is CCOC(=O)c1cc(CBr)nn1-c1ncccc1Cl. The Bertz CT molecular complexity index is 600. The molecule has 0 fully saturated rings. The minimum atomic E-state index is -0.455. The number of aromatic nitrogens is 3. The molecule has 0 atom stereocenters. The van der Waals surface area contributed by atoms with E-state index in [4.69, 9.17) is 16.3 Å². The molecule has 0 unspecified atom stereocenters. The zero-order chi connectivity index (χ0) is 13.8. The lowest BCUT2D eigenvalue weighted by Gasteiger charge is -2.06. The molecule has 100 valence electrons. The van der Waals surface area contributed by atoms with Crippen molar-refractivity contribution >= 4 is 33.5 Å². The Morgan fingerprint density at radius 2 is 2.37 bits per heavy atom. The van der Waals surface area contributed by atoms with E-state index in [9.17, 15) is 4.79 Å². The Hall–Kier alpha value is -1.40. The molecular weight excluding hydrogens is 334 g/mol. The van der Waals surface area contributed by atoms with Crippen molar-refractivity contribution < 1.29 is 9.53 Å². The summed E-state index contributed by atoms with van der Waals surface area (Å²) in [6.07, 6.45) is 1.59. The van der Waals surface area contributed by atoms with Gasteiger partial charge in [0.05, 0.1) is 17.3 Å². The van der Waals surface area contributed by atoms with Crippen LogP contribution >= 0.6 is 27.5 Å². The first kappa shape index (κ1) is 14.0. The first-order chi connectivity index (χ1) is 9.17. The van der Waals surface area contributed by atoms with Crippen LogP contribution in [0.3, 0.4) is 0 Å². The highest BCUT2D eigenvalue weighted by Gasteiger charge is 2.19. The van der Waals surface area contributed by atoms with Crippen molar-refractivity contribution in [1.29, 1.82) is 0 Å². The maximum absolute atomic E-state index is 11.9. The Balaban J connectivity index is 2.53. The fourth-order valence-corrected chi connectivity index (χ4v) is 2.02. The van der Waals surface area contributed by atoms with Crippen LogP contribution in [0.1, 0.15) is 23.1 Å². The van der Waals surface area contributed by atoms with E-state index < -0.39 is 5.97 Å². The van der Waals surface area contributed by atoms with Crippen molar-refractivity contribution in [2.75, 3.05) is 6.61 Å². The summed E-state index contributed by atoms with van der Waals surface area (Å²) in [5.74, 6) is -0.0525. The van der Waals surface area contributed by atoms with E-state index in [1.165, 1.54) is 4.68 Å². The van der Waals surface area contributed by atoms with Crippen LogP contribution in [0.4, 0.5) is 0 Å². The predicted octanol–water partition coefficient (Wildman–Crippen LogP) is 2.99. The van der Waals surface area contributed by atoms with Crippen LogP contribution in [0.15, 0.2) is 24.4 Å². The summed E-state index contributed by atoms with van der Waals surface area (Å²) in [6, 6.07) is 5.05. The predicted molar refractivity (Wildman–Crippen MR) is 75.0 cm³/mol. The average Bonchev–Trinajstić information content (AvgIpc) is 2.83. The molecule has 0 N–H and O–H groups in total. The molecule has 0 aliphatic carbocycles. The molecular formula is C12H11BrClN3O2. The lowest BCUT2D eigenvalue weighted by Crippen LogP contribution is -2.13. The van der Waals surface area contributed by atoms with E-state index in [2.05, 4.69) is 26.0 Å². The van der Waals surface area contributed by atoms with Crippen LogP contribution in [0.2, 0.25) is 5.02 Å². The van der Waals surface area contributed by atoms with Crippen LogP contribution in [0.5, 0.6) is 0 Å². The number of hydrogen-bond donors (Lipinski definition) is 0. The van der Waals surface area contributed by atoms with Crippen LogP contribution < -0.4 is 0 Å². The molecule has 2 rings (SSSR count). The first-order valence-corrected chi connectivity index (χ1v) is 7.10. The van der Waals surface area contributed by atoms with E-state index >= 15 is 0 Å². The molecule has 0 aliphatic rings. The number of carbonyl (C=O) groups excluding carboxylic acids is 1. The van der Waals surface area contributed by atoms with Gasteiger partial charge in [-0.2, -0.15) is 5.10 Å². The highest BCUT2D eigenvalue weighted by molar-refractivity contribution is 9.08. The van der Waals surface area contributed by atoms with Crippen molar-refractivity contribution in [3.05, 3.63) is 40.8 Å². The molecule has 0 aromatic carbocycles. The molecule has 0 spiro atoms. The normalized spacial score (nSPS) is 10.5. The van der Waals surface area contributed by atoms with E-state index in [0.717, 1.165) is 0 Å². The molecule has 0 saturated carbocycles. The Morgan fingerprint density at radius 3 is 3.00 bits per heavy atom. The maximum atomic E-state index is 11.9. The van der Waals surface area contributed by atoms with Gasteiger partial charge >= 0.3 is 5.97 Å². The summed E-state index contributed by atoms with van der Waals surface area (Å²) in [6.45, 7) is 2.04. The van der Waals surface area contributed by atoms with Gasteiger partial charge in [0.15, 0.2) is 11.5 Å². The summed E-state index contributed by atoms with van der Waals surface area (Å²) in [5, 5.41) is 5.22. The second kappa shape index (κ2) is 6.16. The van der Waals surface area contributed by atoms with Crippen molar-refractivity contribution in [1.82, 2.24) is 14.8 Å². The van der Waals surface area contributed by atoms with Gasteiger partial charge in [0, 0.05) is 11.5 Å². The fourth-order valence-electron chi connectivity index (χ4n) is 1.54. The number of alkyl halides is 1. The molecule has 2 aromatic rings. The Kier molecular flexibility index (Phi) is 4.55. The Labute approximate surface area is 123 Å². The third-order valence-electron chi connectivity index (χ3n) is 2.32. The summed E-state index contributed by atoms with van der Waals surface area (Å²) in [5.41, 5.74) is 1.00. The molecule has 0 radical (unpaired) electrons. The second-order valence-corrected chi connectivity index (χ2v) is 4.56. The molecule has 0 saturated heterocycles. The molecule has 0 amide bonds. The van der Waals surface area contributed by atoms with Gasteiger partial charge in [-0.05, 0) is 25.1 Å². The molecule has 2 aromatic heterocycles. The van der Waals surface area contributed by atoms with E-state index in [1.54, 1.807) is 31.3 Å². The zero-order valence-electron chi connectivity index (χ0n) is 10.1. The lowest BCUT2D eigenvalue weighted by molar-refractivity contribution is 0.0515. The van der Waals surface area contributed by atoms with Gasteiger partial charge in [-0.15, -0.1) is 0 Å². The quantitative estimate of drug-likeness (QED) is 0.632. The van der Waals surface area contributed by atoms with Gasteiger partial charge < -0.3 is 4.74 Å². The van der Waals surface area contributed by atoms with Gasteiger partial charge in [0.2, 0.25) is 0 Å². The number of halogens is 2. The summed E-state index contributed by atoms with van der Waals surface area (Å²) in [7, 11) is 0. The van der Waals surface area contributed by atoms with Gasteiger partial charge in [-0.25, -0.2) is 14.5 Å². The standard InChI is InChI=1S/C12H11BrClN3O2/c1-2-19-12(18)10-6-8(7-13)16-17(10)11-9(14)4-3-5-15-11/h3-6H,2,7H2,1H3. The van der Waals surface area contributed by atoms with E-state index in [1.807, 2.05) is 0 Å². The smallest absolute Gasteiger partial charge is 0.357 e. The first-order valence-electron chi connectivity index (χ1n) is 5.60. The molecule has 7 heteroatoms. The second-order valence-electron chi connectivity index (χ2n) is 3.60. The van der Waals surface area contributed by atoms with Gasteiger partial charge in [-0.3, -0.25) is 0 Å². The highest BCUT2D eigenvalue weighted by Crippen LogP contribution is 2.20. The van der Waals surface area contributed by atoms with E-state index in [0.29, 0.717) is 34.2 Å². The third-order valence-corrected chi connectivity index (χ3v) is 3.19. The molecule has 19 heavy (non-hydrogen) atoms. The molecule has 0 bridgehead atoms. The molecule has 0 aliphatic heterocycles. The summed E-state index contributed by atoms with van der Waals surface area (Å²) < 4.78 is 6.40. The van der Waals surface area contributed by atoms with Gasteiger partial charge in [0.25, 0.3) is 0 Å². The van der Waals surface area contributed by atoms with Crippen LogP contribution in [-0.4, -0.2) is 27.3 Å². The number of carbonyl (C=O) groups is 1. The number of pyridine rings is 1. The van der Waals surface area contributed by atoms with Crippen molar-refractivity contribution in [3.8, 4) is 5.82 Å². The van der Waals surface area contributed by atoms with E-state index in [-0.39, 0.29) is 0 Å². The maximum Gasteiger partial charge on any atom is 0.357 e. The Morgan fingerprint density at radius 1 is 1.58 bits per heavy atom. The van der Waals surface area contributed by atoms with Crippen molar-refractivity contribution in [2.24, 2.45) is 0 Å². The summed E-state index contributed by atoms with van der Waals surface area (Å²) in [4.78, 5) is 16.1. The highest BCUT2D eigenvalue weighted by atomic mass is 79.9. The van der Waals surface area contributed by atoms with Crippen molar-refractivity contribution in [3.63, 3.8) is 0 Å². The summed E-state index contributed by atoms with van der Waals surface area (Å²) >= 11 is 9.38. The monoisotopic (exact) mass is 343 g/mol. The number of ether oxygens (including phenoxy) is 1. The van der Waals surface area contributed by atoms with Crippen LogP contribution in [0.25, 0.3) is 5.82 Å². The van der Waals surface area contributed by atoms with Crippen LogP contribution in [-0.2, 0) is 10.1 Å². The average molecular weight is 345 g/mol. The molecule has 5 nitrogen and oxygen atoms in total. The van der Waals surface area contributed by atoms with Crippen LogP contribution in [0, 0.1) is 0 Å². The minimum absolute atomic E-state index is 0.295. The number of nitrogens with zero attached hydrogens (tertiary/aromatic N) is 3. The third kappa shape index (κ3) is 2.96. The van der Waals surface area contributed by atoms with Gasteiger partial charge in [-0.1, -0.05) is 27.5 Å². The minimum Gasteiger partial charge on any atom is -0.461 e. The lowest BCUT2D eigenvalue weighted by atomic mass is 10.3. The largest absolute Gasteiger partial charge is 0.461 e. The number of esters is 1. The number of hydrogen-bond acceptors (Lipinski definition) is 4.